The van der Waals surface area contributed by atoms with E-state index in [1.807, 2.05) is 48.5 Å². The van der Waals surface area contributed by atoms with Gasteiger partial charge in [0.1, 0.15) is 12.4 Å². The van der Waals surface area contributed by atoms with Gasteiger partial charge >= 0.3 is 0 Å². The number of H-pyrrole nitrogens is 1. The van der Waals surface area contributed by atoms with E-state index in [1.54, 1.807) is 6.07 Å². The van der Waals surface area contributed by atoms with E-state index in [1.165, 1.54) is 0 Å². The van der Waals surface area contributed by atoms with E-state index in [2.05, 4.69) is 20.8 Å². The molecular formula is C22H25ClN4O3. The van der Waals surface area contributed by atoms with Crippen LogP contribution in [0.3, 0.4) is 0 Å². The highest BCUT2D eigenvalue weighted by Gasteiger charge is 2.22. The maximum atomic E-state index is 12.5. The van der Waals surface area contributed by atoms with Crippen molar-refractivity contribution < 1.29 is 14.6 Å². The average molecular weight is 429 g/mol. The summed E-state index contributed by atoms with van der Waals surface area (Å²) >= 11 is 0. The quantitative estimate of drug-likeness (QED) is 0.463. The normalized spacial score (nSPS) is 13.6. The topological polar surface area (TPSA) is 99.3 Å². The number of halogens is 1. The van der Waals surface area contributed by atoms with Crippen LogP contribution in [0.15, 0.2) is 54.6 Å². The SMILES string of the molecule is Cl.O=C(NCC(O)c1cccc(OCc2ccccc2)c1)c1n[nH]c2c1CNCC2. The highest BCUT2D eigenvalue weighted by molar-refractivity contribution is 5.94. The number of rotatable bonds is 7. The Labute approximate surface area is 181 Å². The van der Waals surface area contributed by atoms with E-state index in [0.717, 1.165) is 29.8 Å². The fourth-order valence-corrected chi connectivity index (χ4v) is 3.36. The third-order valence-electron chi connectivity index (χ3n) is 4.97. The zero-order valence-corrected chi connectivity index (χ0v) is 17.2. The van der Waals surface area contributed by atoms with E-state index >= 15 is 0 Å². The first kappa shape index (κ1) is 21.8. The molecule has 1 atom stereocenters. The Morgan fingerprint density at radius 1 is 1.20 bits per heavy atom. The van der Waals surface area contributed by atoms with Gasteiger partial charge in [0.15, 0.2) is 5.69 Å². The van der Waals surface area contributed by atoms with Crippen LogP contribution >= 0.6 is 12.4 Å². The molecule has 0 spiro atoms. The van der Waals surface area contributed by atoms with Crippen LogP contribution in [-0.4, -0.2) is 34.3 Å². The molecule has 4 N–H and O–H groups in total. The van der Waals surface area contributed by atoms with Crippen molar-refractivity contribution in [2.75, 3.05) is 13.1 Å². The van der Waals surface area contributed by atoms with Crippen LogP contribution < -0.4 is 15.4 Å². The van der Waals surface area contributed by atoms with Crippen molar-refractivity contribution in [3.63, 3.8) is 0 Å². The smallest absolute Gasteiger partial charge is 0.272 e. The van der Waals surface area contributed by atoms with E-state index < -0.39 is 6.10 Å². The van der Waals surface area contributed by atoms with Crippen molar-refractivity contribution in [2.45, 2.75) is 25.7 Å². The molecule has 8 heteroatoms. The summed E-state index contributed by atoms with van der Waals surface area (Å²) in [5.41, 5.74) is 4.04. The van der Waals surface area contributed by atoms with Gasteiger partial charge in [-0.05, 0) is 23.3 Å². The van der Waals surface area contributed by atoms with Crippen LogP contribution in [0.4, 0.5) is 0 Å². The Balaban J connectivity index is 0.00000256. The number of ether oxygens (including phenoxy) is 1. The van der Waals surface area contributed by atoms with Crippen LogP contribution in [0, 0.1) is 0 Å². The van der Waals surface area contributed by atoms with Gasteiger partial charge in [0.25, 0.3) is 5.91 Å². The number of hydrogen-bond donors (Lipinski definition) is 4. The summed E-state index contributed by atoms with van der Waals surface area (Å²) in [6.07, 6.45) is -0.0132. The number of carbonyl (C=O) groups is 1. The molecule has 0 aliphatic carbocycles. The lowest BCUT2D eigenvalue weighted by Crippen LogP contribution is -2.31. The highest BCUT2D eigenvalue weighted by atomic mass is 35.5. The van der Waals surface area contributed by atoms with Gasteiger partial charge < -0.3 is 20.5 Å². The molecule has 0 radical (unpaired) electrons. The van der Waals surface area contributed by atoms with Crippen molar-refractivity contribution in [1.29, 1.82) is 0 Å². The standard InChI is InChI=1S/C22H24N4O3.ClH/c27-20(13-24-22(28)21-18-12-23-10-9-19(18)25-26-21)16-7-4-8-17(11-16)29-14-15-5-2-1-3-6-15;/h1-8,11,20,23,27H,9-10,12-14H2,(H,24,28)(H,25,26);1H. The first-order valence-corrected chi connectivity index (χ1v) is 9.70. The van der Waals surface area contributed by atoms with E-state index in [-0.39, 0.29) is 24.9 Å². The number of aromatic amines is 1. The number of nitrogens with one attached hydrogen (secondary N) is 3. The second-order valence-electron chi connectivity index (χ2n) is 7.03. The number of benzene rings is 2. The largest absolute Gasteiger partial charge is 0.489 e. The molecule has 3 aromatic rings. The van der Waals surface area contributed by atoms with Crippen molar-refractivity contribution in [1.82, 2.24) is 20.8 Å². The third-order valence-corrected chi connectivity index (χ3v) is 4.97. The fraction of sp³-hybridized carbons (Fsp3) is 0.273. The molecule has 1 aromatic heterocycles. The van der Waals surface area contributed by atoms with Crippen LogP contribution in [0.5, 0.6) is 5.75 Å². The molecule has 7 nitrogen and oxygen atoms in total. The molecule has 2 heterocycles. The first-order valence-electron chi connectivity index (χ1n) is 9.70. The predicted molar refractivity (Wildman–Crippen MR) is 116 cm³/mol. The van der Waals surface area contributed by atoms with Crippen molar-refractivity contribution in [3.05, 3.63) is 82.7 Å². The summed E-state index contributed by atoms with van der Waals surface area (Å²) < 4.78 is 5.81. The zero-order valence-electron chi connectivity index (χ0n) is 16.4. The highest BCUT2D eigenvalue weighted by Crippen LogP contribution is 2.20. The third kappa shape index (κ3) is 5.18. The number of carbonyl (C=O) groups excluding carboxylic acids is 1. The fourth-order valence-electron chi connectivity index (χ4n) is 3.36. The van der Waals surface area contributed by atoms with Gasteiger partial charge in [0.2, 0.25) is 0 Å². The maximum Gasteiger partial charge on any atom is 0.272 e. The molecule has 1 unspecified atom stereocenters. The van der Waals surface area contributed by atoms with Crippen LogP contribution in [0.25, 0.3) is 0 Å². The summed E-state index contributed by atoms with van der Waals surface area (Å²) in [5, 5.41) is 23.6. The van der Waals surface area contributed by atoms with Gasteiger partial charge in [0, 0.05) is 37.3 Å². The number of aliphatic hydroxyl groups is 1. The molecule has 158 valence electrons. The molecule has 4 rings (SSSR count). The van der Waals surface area contributed by atoms with Crippen molar-refractivity contribution in [2.24, 2.45) is 0 Å². The molecule has 1 amide bonds. The van der Waals surface area contributed by atoms with Gasteiger partial charge in [-0.25, -0.2) is 0 Å². The van der Waals surface area contributed by atoms with Crippen LogP contribution in [0.1, 0.15) is 39.0 Å². The molecule has 0 fully saturated rings. The van der Waals surface area contributed by atoms with E-state index in [4.69, 9.17) is 4.74 Å². The predicted octanol–water partition coefficient (Wildman–Crippen LogP) is 2.52. The lowest BCUT2D eigenvalue weighted by atomic mass is 10.1. The number of aliphatic hydroxyl groups excluding tert-OH is 1. The minimum absolute atomic E-state index is 0. The van der Waals surface area contributed by atoms with E-state index in [0.29, 0.717) is 30.2 Å². The molecule has 1 aliphatic rings. The van der Waals surface area contributed by atoms with Gasteiger partial charge in [-0.1, -0.05) is 42.5 Å². The molecular weight excluding hydrogens is 404 g/mol. The Kier molecular flexibility index (Phi) is 7.46. The second kappa shape index (κ2) is 10.2. The summed E-state index contributed by atoms with van der Waals surface area (Å²) in [4.78, 5) is 12.5. The number of aromatic nitrogens is 2. The summed E-state index contributed by atoms with van der Waals surface area (Å²) in [6.45, 7) is 2.04. The van der Waals surface area contributed by atoms with E-state index in [9.17, 15) is 9.90 Å². The Morgan fingerprint density at radius 3 is 2.87 bits per heavy atom. The molecule has 0 saturated heterocycles. The average Bonchev–Trinajstić information content (AvgIpc) is 3.21. The van der Waals surface area contributed by atoms with Crippen molar-refractivity contribution in [3.8, 4) is 5.75 Å². The number of hydrogen-bond acceptors (Lipinski definition) is 5. The molecule has 0 bridgehead atoms. The van der Waals surface area contributed by atoms with Gasteiger partial charge in [-0.3, -0.25) is 9.89 Å². The molecule has 2 aromatic carbocycles. The number of fused-ring (bicyclic) bond motifs is 1. The zero-order chi connectivity index (χ0) is 20.1. The molecule has 0 saturated carbocycles. The molecule has 30 heavy (non-hydrogen) atoms. The number of nitrogens with zero attached hydrogens (tertiary/aromatic N) is 1. The van der Waals surface area contributed by atoms with Crippen LogP contribution in [0.2, 0.25) is 0 Å². The van der Waals surface area contributed by atoms with Crippen molar-refractivity contribution >= 4 is 18.3 Å². The summed E-state index contributed by atoms with van der Waals surface area (Å²) in [5.74, 6) is 0.380. The van der Waals surface area contributed by atoms with Crippen LogP contribution in [-0.2, 0) is 19.6 Å². The van der Waals surface area contributed by atoms with Gasteiger partial charge in [-0.15, -0.1) is 12.4 Å². The minimum atomic E-state index is -0.841. The second-order valence-corrected chi connectivity index (χ2v) is 7.03. The first-order chi connectivity index (χ1) is 14.2. The molecule has 1 aliphatic heterocycles. The Hall–Kier alpha value is -2.87. The lowest BCUT2D eigenvalue weighted by Gasteiger charge is -2.15. The lowest BCUT2D eigenvalue weighted by molar-refractivity contribution is 0.0910. The Bertz CT molecular complexity index is 978. The minimum Gasteiger partial charge on any atom is -0.489 e. The maximum absolute atomic E-state index is 12.5. The summed E-state index contributed by atoms with van der Waals surface area (Å²) in [6, 6.07) is 17.2. The summed E-state index contributed by atoms with van der Waals surface area (Å²) in [7, 11) is 0. The Morgan fingerprint density at radius 2 is 2.03 bits per heavy atom. The monoisotopic (exact) mass is 428 g/mol. The van der Waals surface area contributed by atoms with Gasteiger partial charge in [-0.2, -0.15) is 5.10 Å². The number of amides is 1. The van der Waals surface area contributed by atoms with Gasteiger partial charge in [0.05, 0.1) is 6.10 Å².